The third kappa shape index (κ3) is 0.791. The third-order valence-electron chi connectivity index (χ3n) is 3.00. The number of fused-ring (bicyclic) bond motifs is 2. The van der Waals surface area contributed by atoms with Crippen molar-refractivity contribution < 1.29 is 9.90 Å². The van der Waals surface area contributed by atoms with Crippen molar-refractivity contribution in [2.45, 2.75) is 19.8 Å². The van der Waals surface area contributed by atoms with Crippen LogP contribution in [-0.2, 0) is 4.79 Å². The van der Waals surface area contributed by atoms with E-state index in [-0.39, 0.29) is 17.9 Å². The molecule has 0 aromatic heterocycles. The first kappa shape index (κ1) is 7.04. The Morgan fingerprint density at radius 3 is 2.91 bits per heavy atom. The van der Waals surface area contributed by atoms with Crippen molar-refractivity contribution in [1.82, 2.24) is 0 Å². The van der Waals surface area contributed by atoms with Crippen LogP contribution in [0.2, 0.25) is 0 Å². The van der Waals surface area contributed by atoms with Gasteiger partial charge in [0, 0.05) is 12.3 Å². The Labute approximate surface area is 65.9 Å². The number of allylic oxidation sites excluding steroid dienone is 1. The lowest BCUT2D eigenvalue weighted by atomic mass is 9.83. The highest BCUT2D eigenvalue weighted by atomic mass is 16.3. The summed E-state index contributed by atoms with van der Waals surface area (Å²) in [6, 6.07) is 0. The molecule has 2 aliphatic rings. The Balaban J connectivity index is 2.36. The van der Waals surface area contributed by atoms with Crippen LogP contribution >= 0.6 is 0 Å². The van der Waals surface area contributed by atoms with Crippen molar-refractivity contribution in [3.63, 3.8) is 0 Å². The lowest BCUT2D eigenvalue weighted by molar-refractivity contribution is -0.120. The van der Waals surface area contributed by atoms with E-state index in [0.717, 1.165) is 12.0 Å². The van der Waals surface area contributed by atoms with E-state index in [1.165, 1.54) is 0 Å². The van der Waals surface area contributed by atoms with Gasteiger partial charge in [0.05, 0.1) is 6.61 Å². The molecule has 2 bridgehead atoms. The monoisotopic (exact) mass is 152 g/mol. The second-order valence-electron chi connectivity index (χ2n) is 3.86. The van der Waals surface area contributed by atoms with Gasteiger partial charge in [-0.15, -0.1) is 0 Å². The molecule has 1 N–H and O–H groups in total. The van der Waals surface area contributed by atoms with Gasteiger partial charge in [-0.2, -0.15) is 0 Å². The second kappa shape index (κ2) is 1.95. The molecule has 0 aromatic rings. The van der Waals surface area contributed by atoms with Gasteiger partial charge in [0.25, 0.3) is 0 Å². The van der Waals surface area contributed by atoms with Crippen LogP contribution < -0.4 is 0 Å². The van der Waals surface area contributed by atoms with Crippen LogP contribution in [0.3, 0.4) is 0 Å². The Morgan fingerprint density at radius 2 is 2.55 bits per heavy atom. The zero-order valence-electron chi connectivity index (χ0n) is 6.63. The molecule has 2 unspecified atom stereocenters. The van der Waals surface area contributed by atoms with E-state index < -0.39 is 0 Å². The first-order chi connectivity index (χ1) is 5.15. The summed E-state index contributed by atoms with van der Waals surface area (Å²) in [5.74, 6) is 0.479. The molecule has 2 heteroatoms. The molecule has 0 amide bonds. The summed E-state index contributed by atoms with van der Waals surface area (Å²) in [7, 11) is 0. The van der Waals surface area contributed by atoms with Crippen LogP contribution in [0.4, 0.5) is 0 Å². The Kier molecular flexibility index (Phi) is 1.25. The molecular weight excluding hydrogens is 140 g/mol. The first-order valence-electron chi connectivity index (χ1n) is 4.00. The molecule has 11 heavy (non-hydrogen) atoms. The third-order valence-corrected chi connectivity index (χ3v) is 3.00. The second-order valence-corrected chi connectivity index (χ2v) is 3.86. The normalized spacial score (nSPS) is 41.5. The highest BCUT2D eigenvalue weighted by Gasteiger charge is 2.47. The summed E-state index contributed by atoms with van der Waals surface area (Å²) in [5.41, 5.74) is 1.08. The van der Waals surface area contributed by atoms with Gasteiger partial charge >= 0.3 is 0 Å². The minimum Gasteiger partial charge on any atom is -0.392 e. The number of ketones is 1. The van der Waals surface area contributed by atoms with Crippen LogP contribution in [0.15, 0.2) is 11.6 Å². The lowest BCUT2D eigenvalue weighted by Gasteiger charge is -2.22. The van der Waals surface area contributed by atoms with Crippen molar-refractivity contribution in [2.24, 2.45) is 11.3 Å². The van der Waals surface area contributed by atoms with E-state index in [1.807, 2.05) is 6.08 Å². The van der Waals surface area contributed by atoms with E-state index in [9.17, 15) is 4.79 Å². The van der Waals surface area contributed by atoms with Crippen molar-refractivity contribution in [2.75, 3.05) is 6.61 Å². The molecule has 60 valence electrons. The molecule has 0 aliphatic heterocycles. The van der Waals surface area contributed by atoms with Crippen molar-refractivity contribution in [1.29, 1.82) is 0 Å². The van der Waals surface area contributed by atoms with Crippen molar-refractivity contribution in [3.05, 3.63) is 11.6 Å². The maximum absolute atomic E-state index is 11.2. The van der Waals surface area contributed by atoms with Gasteiger partial charge in [0.1, 0.15) is 5.78 Å². The van der Waals surface area contributed by atoms with Gasteiger partial charge in [0.15, 0.2) is 0 Å². The fourth-order valence-corrected chi connectivity index (χ4v) is 2.27. The molecular formula is C9H12O2. The summed E-state index contributed by atoms with van der Waals surface area (Å²) in [4.78, 5) is 11.2. The zero-order valence-corrected chi connectivity index (χ0v) is 6.63. The van der Waals surface area contributed by atoms with E-state index in [4.69, 9.17) is 5.11 Å². The van der Waals surface area contributed by atoms with Gasteiger partial charge in [0.2, 0.25) is 0 Å². The van der Waals surface area contributed by atoms with Gasteiger partial charge in [-0.25, -0.2) is 0 Å². The molecule has 0 spiro atoms. The summed E-state index contributed by atoms with van der Waals surface area (Å²) < 4.78 is 0. The Morgan fingerprint density at radius 1 is 1.82 bits per heavy atom. The molecule has 1 fully saturated rings. The molecule has 2 nitrogen and oxygen atoms in total. The zero-order chi connectivity index (χ0) is 8.06. The van der Waals surface area contributed by atoms with Crippen LogP contribution in [0, 0.1) is 11.3 Å². The highest BCUT2D eigenvalue weighted by Crippen LogP contribution is 2.51. The summed E-state index contributed by atoms with van der Waals surface area (Å²) in [5, 5.41) is 8.96. The highest BCUT2D eigenvalue weighted by molar-refractivity contribution is 5.88. The van der Waals surface area contributed by atoms with Crippen LogP contribution in [0.5, 0.6) is 0 Å². The van der Waals surface area contributed by atoms with Gasteiger partial charge in [-0.1, -0.05) is 13.0 Å². The predicted octanol–water partition coefficient (Wildman–Crippen LogP) is 0.904. The molecule has 0 saturated heterocycles. The molecule has 0 radical (unpaired) electrons. The van der Waals surface area contributed by atoms with Gasteiger partial charge in [-0.05, 0) is 17.4 Å². The van der Waals surface area contributed by atoms with Crippen LogP contribution in [0.1, 0.15) is 19.8 Å². The number of carbonyl (C=O) groups is 1. The van der Waals surface area contributed by atoms with E-state index >= 15 is 0 Å². The van der Waals surface area contributed by atoms with E-state index in [1.54, 1.807) is 0 Å². The average molecular weight is 152 g/mol. The summed E-state index contributed by atoms with van der Waals surface area (Å²) >= 11 is 0. The lowest BCUT2D eigenvalue weighted by Crippen LogP contribution is -2.18. The number of carbonyl (C=O) groups excluding carboxylic acids is 1. The number of hydrogen-bond donors (Lipinski definition) is 1. The van der Waals surface area contributed by atoms with Crippen molar-refractivity contribution >= 4 is 5.78 Å². The molecule has 0 aromatic carbocycles. The molecule has 0 heterocycles. The number of hydrogen-bond acceptors (Lipinski definition) is 2. The van der Waals surface area contributed by atoms with Crippen LogP contribution in [-0.4, -0.2) is 17.5 Å². The SMILES string of the molecule is CC12CC(=O)C(C=C1CO)C2. The number of aliphatic hydroxyl groups is 1. The van der Waals surface area contributed by atoms with Crippen molar-refractivity contribution in [3.8, 4) is 0 Å². The minimum absolute atomic E-state index is 0.0104. The van der Waals surface area contributed by atoms with Gasteiger partial charge < -0.3 is 5.11 Å². The van der Waals surface area contributed by atoms with E-state index in [2.05, 4.69) is 6.92 Å². The largest absolute Gasteiger partial charge is 0.392 e. The van der Waals surface area contributed by atoms with E-state index in [0.29, 0.717) is 12.2 Å². The average Bonchev–Trinajstić information content (AvgIpc) is 2.38. The standard InChI is InChI=1S/C9H12O2/c1-9-3-6(8(11)4-9)2-7(9)5-10/h2,6,10H,3-5H2,1H3. The first-order valence-corrected chi connectivity index (χ1v) is 4.00. The summed E-state index contributed by atoms with van der Waals surface area (Å²) in [6.45, 7) is 2.19. The predicted molar refractivity (Wildman–Crippen MR) is 41.0 cm³/mol. The smallest absolute Gasteiger partial charge is 0.140 e. The minimum atomic E-state index is 0.0104. The Hall–Kier alpha value is -0.630. The fourth-order valence-electron chi connectivity index (χ4n) is 2.27. The Bertz CT molecular complexity index is 242. The maximum Gasteiger partial charge on any atom is 0.140 e. The number of Topliss-reactive ketones (excluding diaryl/α,β-unsaturated/α-hetero) is 1. The maximum atomic E-state index is 11.2. The number of rotatable bonds is 1. The summed E-state index contributed by atoms with van der Waals surface area (Å²) in [6.07, 6.45) is 3.53. The molecule has 2 aliphatic carbocycles. The molecule has 1 saturated carbocycles. The number of aliphatic hydroxyl groups excluding tert-OH is 1. The molecule has 2 atom stereocenters. The molecule has 2 rings (SSSR count). The quantitative estimate of drug-likeness (QED) is 0.567. The fraction of sp³-hybridized carbons (Fsp3) is 0.667. The van der Waals surface area contributed by atoms with Gasteiger partial charge in [-0.3, -0.25) is 4.79 Å². The topological polar surface area (TPSA) is 37.3 Å². The van der Waals surface area contributed by atoms with Crippen LogP contribution in [0.25, 0.3) is 0 Å².